The van der Waals surface area contributed by atoms with Crippen LogP contribution in [0.2, 0.25) is 0 Å². The minimum atomic E-state index is 0.0267. The van der Waals surface area contributed by atoms with Crippen molar-refractivity contribution in [3.05, 3.63) is 24.3 Å². The van der Waals surface area contributed by atoms with Gasteiger partial charge in [-0.15, -0.1) is 0 Å². The van der Waals surface area contributed by atoms with E-state index in [-0.39, 0.29) is 11.8 Å². The van der Waals surface area contributed by atoms with E-state index in [0.717, 1.165) is 42.9 Å². The van der Waals surface area contributed by atoms with Gasteiger partial charge in [0.2, 0.25) is 11.9 Å². The Bertz CT molecular complexity index is 636. The minimum absolute atomic E-state index is 0.0267. The number of para-hydroxylation sites is 2. The summed E-state index contributed by atoms with van der Waals surface area (Å²) in [5, 5.41) is 0. The molecule has 0 radical (unpaired) electrons. The summed E-state index contributed by atoms with van der Waals surface area (Å²) in [7, 11) is 3.50. The second kappa shape index (κ2) is 7.00. The van der Waals surface area contributed by atoms with Gasteiger partial charge in [0.15, 0.2) is 0 Å². The molecule has 0 saturated carbocycles. The number of carbonyl (C=O) groups excluding carboxylic acids is 1. The molecule has 124 valence electrons. The number of anilines is 1. The van der Waals surface area contributed by atoms with E-state index in [1.165, 1.54) is 0 Å². The average molecular weight is 316 g/mol. The highest BCUT2D eigenvalue weighted by Crippen LogP contribution is 2.24. The highest BCUT2D eigenvalue weighted by molar-refractivity contribution is 5.80. The van der Waals surface area contributed by atoms with E-state index in [0.29, 0.717) is 13.2 Å². The number of hydrogen-bond donors (Lipinski definition) is 1. The lowest BCUT2D eigenvalue weighted by Crippen LogP contribution is -2.44. The molecule has 0 bridgehead atoms. The topological polar surface area (TPSA) is 61.5 Å². The number of aromatic nitrogens is 2. The van der Waals surface area contributed by atoms with Crippen LogP contribution in [-0.4, -0.2) is 61.2 Å². The van der Waals surface area contributed by atoms with E-state index in [4.69, 9.17) is 4.74 Å². The van der Waals surface area contributed by atoms with E-state index in [1.54, 1.807) is 12.0 Å². The zero-order valence-corrected chi connectivity index (χ0v) is 13.8. The molecule has 1 atom stereocenters. The number of imidazole rings is 1. The molecular formula is C17H24N4O2. The molecule has 0 unspecified atom stereocenters. The molecule has 2 heterocycles. The first-order chi connectivity index (χ1) is 11.2. The first-order valence-electron chi connectivity index (χ1n) is 8.12. The Labute approximate surface area is 136 Å². The van der Waals surface area contributed by atoms with E-state index in [1.807, 2.05) is 31.3 Å². The Morgan fingerprint density at radius 2 is 2.30 bits per heavy atom. The van der Waals surface area contributed by atoms with Crippen LogP contribution in [0.5, 0.6) is 0 Å². The van der Waals surface area contributed by atoms with Crippen molar-refractivity contribution < 1.29 is 9.53 Å². The van der Waals surface area contributed by atoms with Gasteiger partial charge in [0.05, 0.1) is 23.6 Å². The summed E-state index contributed by atoms with van der Waals surface area (Å²) >= 11 is 0. The van der Waals surface area contributed by atoms with Crippen molar-refractivity contribution in [2.24, 2.45) is 5.92 Å². The van der Waals surface area contributed by atoms with E-state index < -0.39 is 0 Å². The Balaban J connectivity index is 1.69. The van der Waals surface area contributed by atoms with Gasteiger partial charge in [-0.05, 0) is 25.0 Å². The number of rotatable bonds is 5. The molecule has 3 rings (SSSR count). The maximum absolute atomic E-state index is 12.6. The number of likely N-dealkylation sites (N-methyl/N-ethyl adjacent to an activating group) is 1. The summed E-state index contributed by atoms with van der Waals surface area (Å²) in [6.45, 7) is 2.86. The Hall–Kier alpha value is -2.08. The van der Waals surface area contributed by atoms with Crippen molar-refractivity contribution in [3.63, 3.8) is 0 Å². The van der Waals surface area contributed by atoms with Gasteiger partial charge in [-0.3, -0.25) is 4.79 Å². The van der Waals surface area contributed by atoms with Crippen LogP contribution < -0.4 is 4.90 Å². The smallest absolute Gasteiger partial charge is 0.227 e. The predicted molar refractivity (Wildman–Crippen MR) is 90.5 cm³/mol. The largest absolute Gasteiger partial charge is 0.383 e. The molecule has 1 amide bonds. The normalized spacial score (nSPS) is 18.3. The number of amides is 1. The third-order valence-electron chi connectivity index (χ3n) is 4.45. The van der Waals surface area contributed by atoms with E-state index in [9.17, 15) is 4.79 Å². The van der Waals surface area contributed by atoms with Crippen molar-refractivity contribution in [1.82, 2.24) is 14.9 Å². The summed E-state index contributed by atoms with van der Waals surface area (Å²) < 4.78 is 5.05. The third-order valence-corrected chi connectivity index (χ3v) is 4.45. The molecule has 1 aliphatic heterocycles. The molecule has 1 aliphatic rings. The lowest BCUT2D eigenvalue weighted by atomic mass is 9.97. The number of hydrogen-bond acceptors (Lipinski definition) is 4. The lowest BCUT2D eigenvalue weighted by Gasteiger charge is -2.33. The number of benzene rings is 1. The van der Waals surface area contributed by atoms with Crippen molar-refractivity contribution in [3.8, 4) is 0 Å². The molecule has 2 aromatic rings. The molecular weight excluding hydrogens is 292 g/mol. The molecule has 0 aliphatic carbocycles. The lowest BCUT2D eigenvalue weighted by molar-refractivity contribution is -0.135. The van der Waals surface area contributed by atoms with Gasteiger partial charge in [0, 0.05) is 33.8 Å². The van der Waals surface area contributed by atoms with Gasteiger partial charge in [-0.25, -0.2) is 4.98 Å². The van der Waals surface area contributed by atoms with Gasteiger partial charge < -0.3 is 19.5 Å². The van der Waals surface area contributed by atoms with Crippen LogP contribution in [0.4, 0.5) is 5.95 Å². The summed E-state index contributed by atoms with van der Waals surface area (Å²) in [5.74, 6) is 1.09. The van der Waals surface area contributed by atoms with Crippen molar-refractivity contribution >= 4 is 22.9 Å². The van der Waals surface area contributed by atoms with Crippen molar-refractivity contribution in [1.29, 1.82) is 0 Å². The van der Waals surface area contributed by atoms with Crippen LogP contribution in [0.3, 0.4) is 0 Å². The number of H-pyrrole nitrogens is 1. The van der Waals surface area contributed by atoms with Crippen LogP contribution in [0.15, 0.2) is 24.3 Å². The zero-order chi connectivity index (χ0) is 16.2. The molecule has 1 aromatic carbocycles. The zero-order valence-electron chi connectivity index (χ0n) is 13.8. The first kappa shape index (κ1) is 15.8. The Morgan fingerprint density at radius 3 is 3.09 bits per heavy atom. The molecule has 6 heteroatoms. The van der Waals surface area contributed by atoms with Gasteiger partial charge in [-0.2, -0.15) is 0 Å². The summed E-state index contributed by atoms with van der Waals surface area (Å²) in [5.41, 5.74) is 2.00. The minimum Gasteiger partial charge on any atom is -0.383 e. The molecule has 1 fully saturated rings. The molecule has 0 spiro atoms. The maximum atomic E-state index is 12.6. The Morgan fingerprint density at radius 1 is 1.48 bits per heavy atom. The van der Waals surface area contributed by atoms with Crippen LogP contribution >= 0.6 is 0 Å². The van der Waals surface area contributed by atoms with Gasteiger partial charge >= 0.3 is 0 Å². The predicted octanol–water partition coefficient (Wildman–Crippen LogP) is 1.88. The van der Waals surface area contributed by atoms with Crippen molar-refractivity contribution in [2.45, 2.75) is 12.8 Å². The molecule has 6 nitrogen and oxygen atoms in total. The second-order valence-corrected chi connectivity index (χ2v) is 6.12. The number of methoxy groups -OCH3 is 1. The number of nitrogens with one attached hydrogen (secondary N) is 1. The highest BCUT2D eigenvalue weighted by Gasteiger charge is 2.29. The van der Waals surface area contributed by atoms with Crippen molar-refractivity contribution in [2.75, 3.05) is 45.3 Å². The number of piperidine rings is 1. The summed E-state index contributed by atoms with van der Waals surface area (Å²) in [4.78, 5) is 24.5. The average Bonchev–Trinajstić information content (AvgIpc) is 3.03. The third kappa shape index (κ3) is 3.47. The molecule has 23 heavy (non-hydrogen) atoms. The van der Waals surface area contributed by atoms with Crippen LogP contribution in [0.1, 0.15) is 12.8 Å². The number of aromatic amines is 1. The fraction of sp³-hybridized carbons (Fsp3) is 0.529. The van der Waals surface area contributed by atoms with E-state index >= 15 is 0 Å². The van der Waals surface area contributed by atoms with Crippen LogP contribution in [0.25, 0.3) is 11.0 Å². The fourth-order valence-electron chi connectivity index (χ4n) is 3.11. The maximum Gasteiger partial charge on any atom is 0.227 e. The van der Waals surface area contributed by atoms with Gasteiger partial charge in [0.1, 0.15) is 0 Å². The number of nitrogens with zero attached hydrogens (tertiary/aromatic N) is 3. The fourth-order valence-corrected chi connectivity index (χ4v) is 3.11. The molecule has 1 saturated heterocycles. The first-order valence-corrected chi connectivity index (χ1v) is 8.12. The number of carbonyl (C=O) groups is 1. The molecule has 1 aromatic heterocycles. The SMILES string of the molecule is COCCN(C)C(=O)[C@H]1CCCN(c2nc3ccccc3[nH]2)C1. The number of ether oxygens (including phenoxy) is 1. The Kier molecular flexibility index (Phi) is 4.81. The van der Waals surface area contributed by atoms with E-state index in [2.05, 4.69) is 14.9 Å². The van der Waals surface area contributed by atoms with Gasteiger partial charge in [-0.1, -0.05) is 12.1 Å². The van der Waals surface area contributed by atoms with Crippen LogP contribution in [0, 0.1) is 5.92 Å². The van der Waals surface area contributed by atoms with Gasteiger partial charge in [0.25, 0.3) is 0 Å². The molecule has 1 N–H and O–H groups in total. The summed E-state index contributed by atoms with van der Waals surface area (Å²) in [6.07, 6.45) is 1.94. The number of fused-ring (bicyclic) bond motifs is 1. The quantitative estimate of drug-likeness (QED) is 0.915. The standard InChI is InChI=1S/C17H24N4O2/c1-20(10-11-23-2)16(22)13-6-5-9-21(12-13)17-18-14-7-3-4-8-15(14)19-17/h3-4,7-8,13H,5-6,9-12H2,1-2H3,(H,18,19)/t13-/m0/s1. The summed E-state index contributed by atoms with van der Waals surface area (Å²) in [6, 6.07) is 8.01. The van der Waals surface area contributed by atoms with Crippen LogP contribution in [-0.2, 0) is 9.53 Å². The monoisotopic (exact) mass is 316 g/mol. The highest BCUT2D eigenvalue weighted by atomic mass is 16.5. The second-order valence-electron chi connectivity index (χ2n) is 6.12.